The van der Waals surface area contributed by atoms with Crippen LogP contribution >= 0.6 is 0 Å². The minimum atomic E-state index is -4.44. The second kappa shape index (κ2) is 11.7. The summed E-state index contributed by atoms with van der Waals surface area (Å²) in [5.74, 6) is -0.000376. The summed E-state index contributed by atoms with van der Waals surface area (Å²) in [6.45, 7) is 8.20. The number of halogens is 3. The van der Waals surface area contributed by atoms with Crippen molar-refractivity contribution in [2.75, 3.05) is 26.2 Å². The first-order valence-electron chi connectivity index (χ1n) is 10.5. The normalized spacial score (nSPS) is 13.7. The molecule has 1 aliphatic rings. The van der Waals surface area contributed by atoms with Gasteiger partial charge in [-0.25, -0.2) is 0 Å². The van der Waals surface area contributed by atoms with Gasteiger partial charge in [0, 0.05) is 30.4 Å². The SMILES string of the molecule is CCCCNCC.O=C(c1ccc(-c2ccc(C(F)(F)F)nc2)cc1)N1CCCC1. The van der Waals surface area contributed by atoms with E-state index < -0.39 is 11.9 Å². The predicted molar refractivity (Wildman–Crippen MR) is 113 cm³/mol. The second-order valence-electron chi connectivity index (χ2n) is 7.21. The number of amides is 1. The maximum atomic E-state index is 12.5. The lowest BCUT2D eigenvalue weighted by molar-refractivity contribution is -0.141. The summed E-state index contributed by atoms with van der Waals surface area (Å²) in [6.07, 6.45) is 1.42. The molecule has 1 N–H and O–H groups in total. The molecule has 1 aromatic carbocycles. The van der Waals surface area contributed by atoms with Crippen LogP contribution in [0.4, 0.5) is 13.2 Å². The van der Waals surface area contributed by atoms with E-state index >= 15 is 0 Å². The van der Waals surface area contributed by atoms with Gasteiger partial charge in [0.2, 0.25) is 0 Å². The van der Waals surface area contributed by atoms with Crippen LogP contribution in [0.5, 0.6) is 0 Å². The first-order valence-corrected chi connectivity index (χ1v) is 10.5. The minimum absolute atomic E-state index is 0.000376. The molecule has 2 aromatic rings. The topological polar surface area (TPSA) is 45.2 Å². The molecule has 3 rings (SSSR count). The molecule has 1 amide bonds. The highest BCUT2D eigenvalue weighted by Gasteiger charge is 2.32. The van der Waals surface area contributed by atoms with E-state index in [4.69, 9.17) is 0 Å². The van der Waals surface area contributed by atoms with E-state index in [1.165, 1.54) is 31.6 Å². The number of pyridine rings is 1. The van der Waals surface area contributed by atoms with Crippen LogP contribution in [0.2, 0.25) is 0 Å². The Bertz CT molecular complexity index is 764. The highest BCUT2D eigenvalue weighted by molar-refractivity contribution is 5.94. The van der Waals surface area contributed by atoms with Crippen molar-refractivity contribution in [2.45, 2.75) is 45.7 Å². The monoisotopic (exact) mass is 421 g/mol. The quantitative estimate of drug-likeness (QED) is 0.635. The van der Waals surface area contributed by atoms with E-state index in [0.29, 0.717) is 11.1 Å². The number of carbonyl (C=O) groups excluding carboxylic acids is 1. The average molecular weight is 422 g/mol. The minimum Gasteiger partial charge on any atom is -0.339 e. The number of likely N-dealkylation sites (tertiary alicyclic amines) is 1. The number of nitrogens with one attached hydrogen (secondary N) is 1. The Hall–Kier alpha value is -2.41. The number of rotatable bonds is 6. The number of nitrogens with zero attached hydrogens (tertiary/aromatic N) is 2. The van der Waals surface area contributed by atoms with Crippen molar-refractivity contribution >= 4 is 5.91 Å². The number of alkyl halides is 3. The fraction of sp³-hybridized carbons (Fsp3) is 0.478. The molecule has 0 atom stereocenters. The molecule has 1 aliphatic heterocycles. The van der Waals surface area contributed by atoms with Gasteiger partial charge < -0.3 is 10.2 Å². The molecule has 4 nitrogen and oxygen atoms in total. The molecular formula is C23H30F3N3O. The first-order chi connectivity index (χ1) is 14.4. The zero-order chi connectivity index (χ0) is 22.0. The summed E-state index contributed by atoms with van der Waals surface area (Å²) in [6, 6.07) is 9.20. The molecule has 0 spiro atoms. The second-order valence-corrected chi connectivity index (χ2v) is 7.21. The molecule has 0 unspecified atom stereocenters. The summed E-state index contributed by atoms with van der Waals surface area (Å²) in [4.78, 5) is 17.5. The molecule has 1 saturated heterocycles. The zero-order valence-electron chi connectivity index (χ0n) is 17.6. The standard InChI is InChI=1S/C17H15F3N2O.C6H15N/c18-17(19,20)15-8-7-14(11-21-15)12-3-5-13(6-4-12)16(23)22-9-1-2-10-22;1-3-5-6-7-4-2/h3-8,11H,1-2,9-10H2;7H,3-6H2,1-2H3. The fourth-order valence-corrected chi connectivity index (χ4v) is 3.12. The summed E-state index contributed by atoms with van der Waals surface area (Å²) < 4.78 is 37.5. The van der Waals surface area contributed by atoms with Crippen LogP contribution in [0.25, 0.3) is 11.1 Å². The molecule has 0 bridgehead atoms. The van der Waals surface area contributed by atoms with Crippen molar-refractivity contribution in [3.05, 3.63) is 53.9 Å². The Morgan fingerprint density at radius 3 is 2.17 bits per heavy atom. The molecular weight excluding hydrogens is 391 g/mol. The van der Waals surface area contributed by atoms with Crippen molar-refractivity contribution in [1.29, 1.82) is 0 Å². The van der Waals surface area contributed by atoms with Gasteiger partial charge >= 0.3 is 6.18 Å². The number of hydrogen-bond acceptors (Lipinski definition) is 3. The van der Waals surface area contributed by atoms with E-state index in [9.17, 15) is 18.0 Å². The van der Waals surface area contributed by atoms with Crippen LogP contribution < -0.4 is 5.32 Å². The molecule has 0 radical (unpaired) electrons. The van der Waals surface area contributed by atoms with Crippen LogP contribution in [0, 0.1) is 0 Å². The molecule has 2 heterocycles. The smallest absolute Gasteiger partial charge is 0.339 e. The van der Waals surface area contributed by atoms with E-state index in [-0.39, 0.29) is 5.91 Å². The van der Waals surface area contributed by atoms with Crippen LogP contribution in [-0.4, -0.2) is 42.0 Å². The largest absolute Gasteiger partial charge is 0.433 e. The summed E-state index contributed by atoms with van der Waals surface area (Å²) in [5, 5.41) is 3.25. The van der Waals surface area contributed by atoms with E-state index in [0.717, 1.165) is 44.1 Å². The van der Waals surface area contributed by atoms with Gasteiger partial charge in [-0.3, -0.25) is 9.78 Å². The van der Waals surface area contributed by atoms with Gasteiger partial charge in [-0.05, 0) is 56.1 Å². The lowest BCUT2D eigenvalue weighted by atomic mass is 10.0. The number of unbranched alkanes of at least 4 members (excludes halogenated alkanes) is 1. The number of hydrogen-bond donors (Lipinski definition) is 1. The van der Waals surface area contributed by atoms with Gasteiger partial charge in [0.1, 0.15) is 5.69 Å². The fourth-order valence-electron chi connectivity index (χ4n) is 3.12. The van der Waals surface area contributed by atoms with Crippen LogP contribution in [0.1, 0.15) is 55.6 Å². The number of benzene rings is 1. The third-order valence-corrected chi connectivity index (χ3v) is 4.87. The van der Waals surface area contributed by atoms with Crippen molar-refractivity contribution in [1.82, 2.24) is 15.2 Å². The summed E-state index contributed by atoms with van der Waals surface area (Å²) in [7, 11) is 0. The van der Waals surface area contributed by atoms with Crippen LogP contribution in [0.15, 0.2) is 42.6 Å². The van der Waals surface area contributed by atoms with Crippen molar-refractivity contribution in [3.63, 3.8) is 0 Å². The van der Waals surface area contributed by atoms with E-state index in [1.807, 2.05) is 4.90 Å². The Labute approximate surface area is 176 Å². The van der Waals surface area contributed by atoms with Gasteiger partial charge in [0.25, 0.3) is 5.91 Å². The maximum absolute atomic E-state index is 12.5. The summed E-state index contributed by atoms with van der Waals surface area (Å²) in [5.41, 5.74) is 0.986. The predicted octanol–water partition coefficient (Wildman–Crippen LogP) is 5.40. The molecule has 164 valence electrons. The Balaban J connectivity index is 0.000000396. The number of aromatic nitrogens is 1. The van der Waals surface area contributed by atoms with Gasteiger partial charge in [0.15, 0.2) is 0 Å². The molecule has 1 aromatic heterocycles. The highest BCUT2D eigenvalue weighted by atomic mass is 19.4. The van der Waals surface area contributed by atoms with E-state index in [1.54, 1.807) is 24.3 Å². The highest BCUT2D eigenvalue weighted by Crippen LogP contribution is 2.29. The lowest BCUT2D eigenvalue weighted by Crippen LogP contribution is -2.27. The van der Waals surface area contributed by atoms with Crippen molar-refractivity contribution in [3.8, 4) is 11.1 Å². The van der Waals surface area contributed by atoms with Gasteiger partial charge in [-0.15, -0.1) is 0 Å². The van der Waals surface area contributed by atoms with Crippen molar-refractivity contribution < 1.29 is 18.0 Å². The first kappa shape index (κ1) is 23.9. The molecule has 1 fully saturated rings. The number of carbonyl (C=O) groups is 1. The molecule has 0 aliphatic carbocycles. The van der Waals surface area contributed by atoms with Gasteiger partial charge in [-0.2, -0.15) is 13.2 Å². The molecule has 0 saturated carbocycles. The zero-order valence-corrected chi connectivity index (χ0v) is 17.6. The van der Waals surface area contributed by atoms with Crippen molar-refractivity contribution in [2.24, 2.45) is 0 Å². The maximum Gasteiger partial charge on any atom is 0.433 e. The molecule has 7 heteroatoms. The molecule has 30 heavy (non-hydrogen) atoms. The van der Waals surface area contributed by atoms with Gasteiger partial charge in [0.05, 0.1) is 0 Å². The van der Waals surface area contributed by atoms with Crippen LogP contribution in [0.3, 0.4) is 0 Å². The third kappa shape index (κ3) is 7.13. The Kier molecular flexibility index (Phi) is 9.30. The Morgan fingerprint density at radius 1 is 1.03 bits per heavy atom. The summed E-state index contributed by atoms with van der Waals surface area (Å²) >= 11 is 0. The third-order valence-electron chi connectivity index (χ3n) is 4.87. The van der Waals surface area contributed by atoms with Crippen LogP contribution in [-0.2, 0) is 6.18 Å². The lowest BCUT2D eigenvalue weighted by Gasteiger charge is -2.15. The van der Waals surface area contributed by atoms with Gasteiger partial charge in [-0.1, -0.05) is 38.5 Å². The Morgan fingerprint density at radius 2 is 1.67 bits per heavy atom. The van der Waals surface area contributed by atoms with E-state index in [2.05, 4.69) is 24.1 Å². The average Bonchev–Trinajstić information content (AvgIpc) is 3.29.